The molecule has 0 saturated carbocycles. The maximum absolute atomic E-state index is 5.83. The van der Waals surface area contributed by atoms with Crippen molar-refractivity contribution in [3.8, 4) is 0 Å². The zero-order valence-corrected chi connectivity index (χ0v) is 10.6. The topological polar surface area (TPSA) is 64.3 Å². The Morgan fingerprint density at radius 2 is 2.05 bits per heavy atom. The van der Waals surface area contributed by atoms with Gasteiger partial charge in [0.25, 0.3) is 0 Å². The van der Waals surface area contributed by atoms with E-state index in [1.54, 1.807) is 12.4 Å². The summed E-state index contributed by atoms with van der Waals surface area (Å²) >= 11 is 0. The molecule has 1 fully saturated rings. The molecule has 19 heavy (non-hydrogen) atoms. The molecular formula is C14H16N4O. The van der Waals surface area contributed by atoms with Gasteiger partial charge in [-0.1, -0.05) is 6.07 Å². The van der Waals surface area contributed by atoms with Gasteiger partial charge in [-0.05, 0) is 24.3 Å². The SMILES string of the molecule is Nc1cccc(N2CCOC(c3ncccn3)C2)c1. The van der Waals surface area contributed by atoms with Gasteiger partial charge in [0.15, 0.2) is 5.82 Å². The Kier molecular flexibility index (Phi) is 3.29. The summed E-state index contributed by atoms with van der Waals surface area (Å²) in [7, 11) is 0. The van der Waals surface area contributed by atoms with Crippen molar-refractivity contribution in [3.63, 3.8) is 0 Å². The number of nitrogen functional groups attached to an aromatic ring is 1. The minimum atomic E-state index is -0.0867. The van der Waals surface area contributed by atoms with Crippen LogP contribution in [0.1, 0.15) is 11.9 Å². The van der Waals surface area contributed by atoms with Crippen molar-refractivity contribution in [1.82, 2.24) is 9.97 Å². The molecule has 1 aliphatic rings. The monoisotopic (exact) mass is 256 g/mol. The number of hydrogen-bond donors (Lipinski definition) is 1. The Morgan fingerprint density at radius 1 is 1.21 bits per heavy atom. The summed E-state index contributed by atoms with van der Waals surface area (Å²) in [5.41, 5.74) is 7.72. The number of nitrogens with zero attached hydrogens (tertiary/aromatic N) is 3. The van der Waals surface area contributed by atoms with E-state index in [9.17, 15) is 0 Å². The number of rotatable bonds is 2. The molecule has 2 heterocycles. The summed E-state index contributed by atoms with van der Waals surface area (Å²) < 4.78 is 5.75. The Labute approximate surface area is 112 Å². The molecule has 0 bridgehead atoms. The van der Waals surface area contributed by atoms with Gasteiger partial charge in [-0.3, -0.25) is 0 Å². The molecule has 1 aliphatic heterocycles. The number of anilines is 2. The summed E-state index contributed by atoms with van der Waals surface area (Å²) in [5.74, 6) is 0.733. The van der Waals surface area contributed by atoms with E-state index < -0.39 is 0 Å². The van der Waals surface area contributed by atoms with Crippen molar-refractivity contribution in [2.45, 2.75) is 6.10 Å². The normalized spacial score (nSPS) is 19.4. The average molecular weight is 256 g/mol. The zero-order chi connectivity index (χ0) is 13.1. The van der Waals surface area contributed by atoms with Crippen molar-refractivity contribution in [3.05, 3.63) is 48.5 Å². The van der Waals surface area contributed by atoms with Crippen molar-refractivity contribution < 1.29 is 4.74 Å². The van der Waals surface area contributed by atoms with Crippen LogP contribution in [0.2, 0.25) is 0 Å². The standard InChI is InChI=1S/C14H16N4O/c15-11-3-1-4-12(9-11)18-7-8-19-13(10-18)14-16-5-2-6-17-14/h1-6,9,13H,7-8,10,15H2. The van der Waals surface area contributed by atoms with Crippen LogP contribution in [0.5, 0.6) is 0 Å². The number of ether oxygens (including phenoxy) is 1. The molecule has 1 aromatic heterocycles. The molecule has 1 atom stereocenters. The van der Waals surface area contributed by atoms with Crippen molar-refractivity contribution in [2.75, 3.05) is 30.3 Å². The third kappa shape index (κ3) is 2.66. The van der Waals surface area contributed by atoms with Crippen molar-refractivity contribution in [1.29, 1.82) is 0 Å². The van der Waals surface area contributed by atoms with Gasteiger partial charge in [0.1, 0.15) is 6.10 Å². The number of morpholine rings is 1. The highest BCUT2D eigenvalue weighted by atomic mass is 16.5. The van der Waals surface area contributed by atoms with Gasteiger partial charge in [-0.2, -0.15) is 0 Å². The number of benzene rings is 1. The second kappa shape index (κ2) is 5.24. The third-order valence-corrected chi connectivity index (χ3v) is 3.18. The van der Waals surface area contributed by atoms with E-state index in [2.05, 4.69) is 20.9 Å². The largest absolute Gasteiger partial charge is 0.399 e. The van der Waals surface area contributed by atoms with E-state index in [0.29, 0.717) is 6.61 Å². The number of hydrogen-bond acceptors (Lipinski definition) is 5. The van der Waals surface area contributed by atoms with E-state index in [0.717, 1.165) is 30.3 Å². The van der Waals surface area contributed by atoms with Gasteiger partial charge >= 0.3 is 0 Å². The number of aromatic nitrogens is 2. The summed E-state index contributed by atoms with van der Waals surface area (Å²) in [6, 6.07) is 9.71. The Morgan fingerprint density at radius 3 is 2.84 bits per heavy atom. The van der Waals surface area contributed by atoms with E-state index in [1.165, 1.54) is 0 Å². The Hall–Kier alpha value is -2.14. The molecule has 0 aliphatic carbocycles. The molecule has 3 rings (SSSR count). The van der Waals surface area contributed by atoms with Crippen LogP contribution in [0.4, 0.5) is 11.4 Å². The predicted molar refractivity (Wildman–Crippen MR) is 73.8 cm³/mol. The maximum atomic E-state index is 5.83. The van der Waals surface area contributed by atoms with E-state index in [1.807, 2.05) is 24.3 Å². The first-order valence-corrected chi connectivity index (χ1v) is 6.32. The fraction of sp³-hybridized carbons (Fsp3) is 0.286. The van der Waals surface area contributed by atoms with E-state index in [4.69, 9.17) is 10.5 Å². The van der Waals surface area contributed by atoms with Gasteiger partial charge in [-0.15, -0.1) is 0 Å². The molecule has 0 amide bonds. The quantitative estimate of drug-likeness (QED) is 0.827. The van der Waals surface area contributed by atoms with Crippen LogP contribution in [-0.2, 0) is 4.74 Å². The van der Waals surface area contributed by atoms with Crippen molar-refractivity contribution in [2.24, 2.45) is 0 Å². The fourth-order valence-corrected chi connectivity index (χ4v) is 2.24. The lowest BCUT2D eigenvalue weighted by Crippen LogP contribution is -2.38. The van der Waals surface area contributed by atoms with Crippen LogP contribution in [-0.4, -0.2) is 29.7 Å². The number of nitrogens with two attached hydrogens (primary N) is 1. The highest BCUT2D eigenvalue weighted by Gasteiger charge is 2.24. The molecule has 0 radical (unpaired) electrons. The highest BCUT2D eigenvalue weighted by Crippen LogP contribution is 2.25. The van der Waals surface area contributed by atoms with Gasteiger partial charge in [0.05, 0.1) is 13.2 Å². The molecule has 5 nitrogen and oxygen atoms in total. The Balaban J connectivity index is 1.78. The fourth-order valence-electron chi connectivity index (χ4n) is 2.24. The third-order valence-electron chi connectivity index (χ3n) is 3.18. The van der Waals surface area contributed by atoms with E-state index in [-0.39, 0.29) is 6.10 Å². The summed E-state index contributed by atoms with van der Waals surface area (Å²) in [5, 5.41) is 0. The molecule has 1 aromatic carbocycles. The minimum Gasteiger partial charge on any atom is -0.399 e. The first kappa shape index (κ1) is 11.9. The lowest BCUT2D eigenvalue weighted by Gasteiger charge is -2.33. The first-order chi connectivity index (χ1) is 9.33. The molecule has 1 saturated heterocycles. The Bertz CT molecular complexity index is 546. The summed E-state index contributed by atoms with van der Waals surface area (Å²) in [4.78, 5) is 10.8. The molecule has 2 N–H and O–H groups in total. The predicted octanol–water partition coefficient (Wildman–Crippen LogP) is 1.64. The van der Waals surface area contributed by atoms with Gasteiger partial charge in [0.2, 0.25) is 0 Å². The second-order valence-corrected chi connectivity index (χ2v) is 4.51. The first-order valence-electron chi connectivity index (χ1n) is 6.32. The van der Waals surface area contributed by atoms with Crippen LogP contribution in [0.3, 0.4) is 0 Å². The van der Waals surface area contributed by atoms with Gasteiger partial charge < -0.3 is 15.4 Å². The van der Waals surface area contributed by atoms with Crippen LogP contribution in [0.15, 0.2) is 42.7 Å². The van der Waals surface area contributed by atoms with Crippen LogP contribution in [0.25, 0.3) is 0 Å². The summed E-state index contributed by atoms with van der Waals surface area (Å²) in [6.45, 7) is 2.26. The smallest absolute Gasteiger partial charge is 0.158 e. The maximum Gasteiger partial charge on any atom is 0.158 e. The minimum absolute atomic E-state index is 0.0867. The molecule has 0 spiro atoms. The molecule has 2 aromatic rings. The summed E-state index contributed by atoms with van der Waals surface area (Å²) in [6.07, 6.45) is 3.40. The molecular weight excluding hydrogens is 240 g/mol. The zero-order valence-electron chi connectivity index (χ0n) is 10.6. The average Bonchev–Trinajstić information content (AvgIpc) is 2.48. The van der Waals surface area contributed by atoms with Gasteiger partial charge in [0, 0.05) is 30.3 Å². The second-order valence-electron chi connectivity index (χ2n) is 4.51. The van der Waals surface area contributed by atoms with Crippen molar-refractivity contribution >= 4 is 11.4 Å². The van der Waals surface area contributed by atoms with Gasteiger partial charge in [-0.25, -0.2) is 9.97 Å². The van der Waals surface area contributed by atoms with Crippen LogP contribution in [0, 0.1) is 0 Å². The lowest BCUT2D eigenvalue weighted by molar-refractivity contribution is 0.0340. The van der Waals surface area contributed by atoms with Crippen LogP contribution >= 0.6 is 0 Å². The van der Waals surface area contributed by atoms with E-state index >= 15 is 0 Å². The van der Waals surface area contributed by atoms with Crippen LogP contribution < -0.4 is 10.6 Å². The lowest BCUT2D eigenvalue weighted by atomic mass is 10.2. The molecule has 98 valence electrons. The molecule has 1 unspecified atom stereocenters. The molecule has 5 heteroatoms. The highest BCUT2D eigenvalue weighted by molar-refractivity contribution is 5.56.